The van der Waals surface area contributed by atoms with Gasteiger partial charge in [0.1, 0.15) is 0 Å². The average molecular weight is 377 g/mol. The molecule has 2 aromatic carbocycles. The number of rotatable bonds is 4. The van der Waals surface area contributed by atoms with Gasteiger partial charge in [0.05, 0.1) is 15.7 Å². The zero-order valence-electron chi connectivity index (χ0n) is 13.5. The van der Waals surface area contributed by atoms with Gasteiger partial charge in [0.2, 0.25) is 0 Å². The van der Waals surface area contributed by atoms with E-state index in [1.165, 1.54) is 0 Å². The molecule has 0 heterocycles. The van der Waals surface area contributed by atoms with Crippen LogP contribution in [0.1, 0.15) is 46.4 Å². The number of anilines is 1. The summed E-state index contributed by atoms with van der Waals surface area (Å²) in [5.41, 5.74) is 1.34. The third kappa shape index (κ3) is 4.33. The highest BCUT2D eigenvalue weighted by atomic mass is 35.5. The highest BCUT2D eigenvalue weighted by Gasteiger charge is 2.18. The van der Waals surface area contributed by atoms with Gasteiger partial charge in [0, 0.05) is 17.2 Å². The molecule has 2 aromatic rings. The summed E-state index contributed by atoms with van der Waals surface area (Å²) in [6, 6.07) is 11.8. The van der Waals surface area contributed by atoms with Crippen LogP contribution in [0.25, 0.3) is 0 Å². The smallest absolute Gasteiger partial charge is 0.255 e. The van der Waals surface area contributed by atoms with Crippen molar-refractivity contribution < 1.29 is 9.59 Å². The Bertz CT molecular complexity index is 764. The summed E-state index contributed by atoms with van der Waals surface area (Å²) in [6.45, 7) is 0. The van der Waals surface area contributed by atoms with Crippen molar-refractivity contribution >= 4 is 40.7 Å². The fourth-order valence-corrected chi connectivity index (χ4v) is 3.41. The van der Waals surface area contributed by atoms with Gasteiger partial charge in [0.15, 0.2) is 0 Å². The molecular formula is C19H18Cl2N2O2. The van der Waals surface area contributed by atoms with E-state index in [9.17, 15) is 9.59 Å². The molecule has 1 aliphatic carbocycles. The third-order valence-corrected chi connectivity index (χ3v) is 4.93. The summed E-state index contributed by atoms with van der Waals surface area (Å²) < 4.78 is 0. The Kier molecular flexibility index (Phi) is 5.61. The van der Waals surface area contributed by atoms with Crippen LogP contribution in [-0.4, -0.2) is 17.9 Å². The Morgan fingerprint density at radius 1 is 0.840 bits per heavy atom. The van der Waals surface area contributed by atoms with Crippen LogP contribution in [-0.2, 0) is 0 Å². The van der Waals surface area contributed by atoms with Gasteiger partial charge in [-0.2, -0.15) is 0 Å². The SMILES string of the molecule is O=C(Nc1c(Cl)cccc1Cl)c1ccc(C(=O)NC2CCCC2)cc1. The molecule has 1 aliphatic rings. The Morgan fingerprint density at radius 2 is 1.36 bits per heavy atom. The molecule has 0 radical (unpaired) electrons. The van der Waals surface area contributed by atoms with Crippen molar-refractivity contribution in [3.8, 4) is 0 Å². The van der Waals surface area contributed by atoms with E-state index in [0.717, 1.165) is 25.7 Å². The molecule has 0 saturated heterocycles. The molecule has 0 aliphatic heterocycles. The highest BCUT2D eigenvalue weighted by molar-refractivity contribution is 6.40. The Hall–Kier alpha value is -2.04. The molecule has 0 unspecified atom stereocenters. The summed E-state index contributed by atoms with van der Waals surface area (Å²) in [7, 11) is 0. The molecule has 0 spiro atoms. The lowest BCUT2D eigenvalue weighted by atomic mass is 10.1. The van der Waals surface area contributed by atoms with E-state index in [4.69, 9.17) is 23.2 Å². The van der Waals surface area contributed by atoms with Crippen molar-refractivity contribution in [2.75, 3.05) is 5.32 Å². The molecule has 1 fully saturated rings. The molecule has 0 atom stereocenters. The molecule has 4 nitrogen and oxygen atoms in total. The summed E-state index contributed by atoms with van der Waals surface area (Å²) in [6.07, 6.45) is 4.39. The summed E-state index contributed by atoms with van der Waals surface area (Å²) in [5.74, 6) is -0.439. The molecule has 3 rings (SSSR count). The first-order valence-corrected chi connectivity index (χ1v) is 8.96. The van der Waals surface area contributed by atoms with E-state index in [-0.39, 0.29) is 17.9 Å². The van der Waals surface area contributed by atoms with Crippen LogP contribution in [0, 0.1) is 0 Å². The molecule has 2 amide bonds. The van der Waals surface area contributed by atoms with Crippen molar-refractivity contribution in [2.45, 2.75) is 31.7 Å². The number of benzene rings is 2. The van der Waals surface area contributed by atoms with Crippen LogP contribution in [0.15, 0.2) is 42.5 Å². The zero-order valence-corrected chi connectivity index (χ0v) is 15.0. The first kappa shape index (κ1) is 17.8. The van der Waals surface area contributed by atoms with Gasteiger partial charge < -0.3 is 10.6 Å². The summed E-state index contributed by atoms with van der Waals surface area (Å²) in [5, 5.41) is 6.46. The van der Waals surface area contributed by atoms with Gasteiger partial charge in [0.25, 0.3) is 11.8 Å². The second-order valence-electron chi connectivity index (χ2n) is 6.08. The lowest BCUT2D eigenvalue weighted by molar-refractivity contribution is 0.0936. The third-order valence-electron chi connectivity index (χ3n) is 4.30. The monoisotopic (exact) mass is 376 g/mol. The number of amides is 2. The van der Waals surface area contributed by atoms with Gasteiger partial charge in [-0.15, -0.1) is 0 Å². The van der Waals surface area contributed by atoms with E-state index in [1.807, 2.05) is 0 Å². The quantitative estimate of drug-likeness (QED) is 0.795. The van der Waals surface area contributed by atoms with Crippen LogP contribution < -0.4 is 10.6 Å². The van der Waals surface area contributed by atoms with Gasteiger partial charge >= 0.3 is 0 Å². The van der Waals surface area contributed by atoms with E-state index in [2.05, 4.69) is 10.6 Å². The molecule has 0 bridgehead atoms. The van der Waals surface area contributed by atoms with Crippen molar-refractivity contribution in [3.63, 3.8) is 0 Å². The number of hydrogen-bond acceptors (Lipinski definition) is 2. The second-order valence-corrected chi connectivity index (χ2v) is 6.90. The largest absolute Gasteiger partial charge is 0.349 e. The number of halogens is 2. The van der Waals surface area contributed by atoms with Crippen LogP contribution in [0.4, 0.5) is 5.69 Å². The lowest BCUT2D eigenvalue weighted by Crippen LogP contribution is -2.32. The van der Waals surface area contributed by atoms with E-state index in [0.29, 0.717) is 26.9 Å². The fraction of sp³-hybridized carbons (Fsp3) is 0.263. The minimum absolute atomic E-state index is 0.104. The first-order chi connectivity index (χ1) is 12.0. The predicted molar refractivity (Wildman–Crippen MR) is 101 cm³/mol. The normalized spacial score (nSPS) is 14.3. The van der Waals surface area contributed by atoms with Crippen LogP contribution in [0.3, 0.4) is 0 Å². The van der Waals surface area contributed by atoms with Crippen LogP contribution in [0.5, 0.6) is 0 Å². The molecule has 2 N–H and O–H groups in total. The maximum absolute atomic E-state index is 12.3. The van der Waals surface area contributed by atoms with Crippen molar-refractivity contribution in [1.82, 2.24) is 5.32 Å². The summed E-state index contributed by atoms with van der Waals surface area (Å²) >= 11 is 12.1. The zero-order chi connectivity index (χ0) is 17.8. The molecule has 130 valence electrons. The molecule has 0 aromatic heterocycles. The van der Waals surface area contributed by atoms with Gasteiger partial charge in [-0.05, 0) is 49.2 Å². The number of carbonyl (C=O) groups excluding carboxylic acids is 2. The lowest BCUT2D eigenvalue weighted by Gasteiger charge is -2.12. The molecule has 1 saturated carbocycles. The van der Waals surface area contributed by atoms with Gasteiger partial charge in [-0.3, -0.25) is 9.59 Å². The first-order valence-electron chi connectivity index (χ1n) is 8.21. The average Bonchev–Trinajstić information content (AvgIpc) is 3.11. The minimum Gasteiger partial charge on any atom is -0.349 e. The molecule has 6 heteroatoms. The van der Waals surface area contributed by atoms with Gasteiger partial charge in [-0.1, -0.05) is 42.1 Å². The molecular weight excluding hydrogens is 359 g/mol. The predicted octanol–water partition coefficient (Wildman–Crippen LogP) is 4.92. The van der Waals surface area contributed by atoms with Crippen LogP contribution >= 0.6 is 23.2 Å². The Labute approximate surface area is 156 Å². The minimum atomic E-state index is -0.335. The Balaban J connectivity index is 1.67. The number of carbonyl (C=O) groups is 2. The standard InChI is InChI=1S/C19H18Cl2N2O2/c20-15-6-3-7-16(21)17(15)23-19(25)13-10-8-12(9-11-13)18(24)22-14-4-1-2-5-14/h3,6-11,14H,1-2,4-5H2,(H,22,24)(H,23,25). The van der Waals surface area contributed by atoms with E-state index >= 15 is 0 Å². The van der Waals surface area contributed by atoms with Crippen molar-refractivity contribution in [2.24, 2.45) is 0 Å². The maximum Gasteiger partial charge on any atom is 0.255 e. The molecule has 25 heavy (non-hydrogen) atoms. The fourth-order valence-electron chi connectivity index (χ4n) is 2.91. The highest BCUT2D eigenvalue weighted by Crippen LogP contribution is 2.30. The van der Waals surface area contributed by atoms with Crippen molar-refractivity contribution in [1.29, 1.82) is 0 Å². The maximum atomic E-state index is 12.3. The second kappa shape index (κ2) is 7.89. The Morgan fingerprint density at radius 3 is 1.92 bits per heavy atom. The van der Waals surface area contributed by atoms with Gasteiger partial charge in [-0.25, -0.2) is 0 Å². The van der Waals surface area contributed by atoms with Crippen LogP contribution in [0.2, 0.25) is 10.0 Å². The van der Waals surface area contributed by atoms with Crippen molar-refractivity contribution in [3.05, 3.63) is 63.6 Å². The van der Waals surface area contributed by atoms with E-state index in [1.54, 1.807) is 42.5 Å². The van der Waals surface area contributed by atoms with E-state index < -0.39 is 0 Å². The number of hydrogen-bond donors (Lipinski definition) is 2. The number of nitrogens with one attached hydrogen (secondary N) is 2. The summed E-state index contributed by atoms with van der Waals surface area (Å²) in [4.78, 5) is 24.6. The number of para-hydroxylation sites is 1. The topological polar surface area (TPSA) is 58.2 Å².